The fourth-order valence-corrected chi connectivity index (χ4v) is 8.21. The van der Waals surface area contributed by atoms with E-state index in [0.717, 1.165) is 21.1 Å². The van der Waals surface area contributed by atoms with Crippen molar-refractivity contribution in [2.45, 2.75) is 31.8 Å². The number of aryl methyl sites for hydroxylation is 1. The van der Waals surface area contributed by atoms with Crippen molar-refractivity contribution in [1.29, 1.82) is 0 Å². The molecule has 1 N–H and O–H groups in total. The van der Waals surface area contributed by atoms with Crippen LogP contribution in [0.1, 0.15) is 18.9 Å². The fourth-order valence-electron chi connectivity index (χ4n) is 4.17. The molecule has 0 bridgehead atoms. The van der Waals surface area contributed by atoms with Gasteiger partial charge in [-0.25, -0.2) is 0 Å². The second-order valence-corrected chi connectivity index (χ2v) is 12.6. The van der Waals surface area contributed by atoms with Crippen molar-refractivity contribution >= 4 is 72.6 Å². The molecule has 0 fully saturated rings. The maximum Gasteiger partial charge on any atom is 0.283 e. The number of thiazole rings is 2. The quantitative estimate of drug-likeness (QED) is 0.289. The smallest absolute Gasteiger partial charge is 0.283 e. The van der Waals surface area contributed by atoms with Crippen LogP contribution in [0.15, 0.2) is 69.3 Å². The first-order chi connectivity index (χ1) is 17.3. The van der Waals surface area contributed by atoms with Crippen LogP contribution in [0.4, 0.5) is 5.69 Å². The third-order valence-corrected chi connectivity index (χ3v) is 9.66. The molecule has 2 aromatic heterocycles. The topological polar surface area (TPSA) is 83.5 Å². The molecule has 0 atom stereocenters. The van der Waals surface area contributed by atoms with Crippen LogP contribution in [0.3, 0.4) is 0 Å². The lowest BCUT2D eigenvalue weighted by Gasteiger charge is -2.17. The molecule has 0 unspecified atom stereocenters. The van der Waals surface area contributed by atoms with E-state index in [9.17, 15) is 17.8 Å². The Hall–Kier alpha value is -2.70. The summed E-state index contributed by atoms with van der Waals surface area (Å²) in [5, 5.41) is 1.71. The Morgan fingerprint density at radius 3 is 2.53 bits per heavy atom. The molecule has 4 aromatic rings. The van der Waals surface area contributed by atoms with Crippen molar-refractivity contribution in [2.24, 2.45) is 0 Å². The molecule has 0 amide bonds. The van der Waals surface area contributed by atoms with Gasteiger partial charge in [0.2, 0.25) is 5.52 Å². The molecule has 1 aliphatic heterocycles. The molecule has 0 aliphatic carbocycles. The summed E-state index contributed by atoms with van der Waals surface area (Å²) >= 11 is 4.51. The van der Waals surface area contributed by atoms with Gasteiger partial charge in [-0.1, -0.05) is 47.4 Å². The van der Waals surface area contributed by atoms with E-state index in [4.69, 9.17) is 0 Å². The lowest BCUT2D eigenvalue weighted by Crippen LogP contribution is -2.35. The van der Waals surface area contributed by atoms with Crippen molar-refractivity contribution in [1.82, 2.24) is 4.57 Å². The molecule has 36 heavy (non-hydrogen) atoms. The summed E-state index contributed by atoms with van der Waals surface area (Å²) in [4.78, 5) is 15.6. The first-order valence-electron chi connectivity index (χ1n) is 11.3. The molecule has 0 spiro atoms. The Morgan fingerprint density at radius 2 is 1.78 bits per heavy atom. The second-order valence-electron chi connectivity index (χ2n) is 8.03. The second kappa shape index (κ2) is 9.98. The normalized spacial score (nSPS) is 16.0. The van der Waals surface area contributed by atoms with Gasteiger partial charge in [0.05, 0.1) is 21.3 Å². The number of benzene rings is 2. The summed E-state index contributed by atoms with van der Waals surface area (Å²) in [5.74, 6) is -0.553. The molecule has 0 radical (unpaired) electrons. The van der Waals surface area contributed by atoms with Crippen molar-refractivity contribution in [3.05, 3.63) is 84.2 Å². The summed E-state index contributed by atoms with van der Waals surface area (Å²) in [6, 6.07) is 15.7. The Bertz CT molecular complexity index is 1780. The van der Waals surface area contributed by atoms with Gasteiger partial charge < -0.3 is 4.90 Å². The summed E-state index contributed by atoms with van der Waals surface area (Å²) in [5.41, 5.74) is 1.79. The molecule has 11 heteroatoms. The van der Waals surface area contributed by atoms with Crippen LogP contribution in [0, 0.1) is 0 Å². The van der Waals surface area contributed by atoms with Gasteiger partial charge in [0.1, 0.15) is 15.9 Å². The maximum absolute atomic E-state index is 13.2. The minimum absolute atomic E-state index is 0.0865. The number of nitrogens with zero attached hydrogens (tertiary/aromatic N) is 3. The van der Waals surface area contributed by atoms with Gasteiger partial charge in [-0.05, 0) is 44.2 Å². The molecule has 1 aliphatic rings. The number of aromatic nitrogens is 2. The predicted octanol–water partition coefficient (Wildman–Crippen LogP) is 3.36. The van der Waals surface area contributed by atoms with E-state index in [0.29, 0.717) is 21.8 Å². The highest BCUT2D eigenvalue weighted by Crippen LogP contribution is 2.45. The number of rotatable bonds is 6. The van der Waals surface area contributed by atoms with Crippen molar-refractivity contribution in [2.75, 3.05) is 10.8 Å². The Labute approximate surface area is 220 Å². The van der Waals surface area contributed by atoms with Crippen LogP contribution < -0.4 is 24.2 Å². The molecule has 186 valence electrons. The standard InChI is InChI=1S/C25H23N3O4S4/c1-3-26-17-9-5-7-11-19(17)34-23(26)15-24-27(4-2)25(29)21(35-24)13-14-22-28(16-36(30,31)32)18-10-6-8-12-20(18)33-22/h5-15H,3-4,16H2,1-2H3/p+1. The van der Waals surface area contributed by atoms with E-state index >= 15 is 0 Å². The third-order valence-electron chi connectivity index (χ3n) is 5.76. The number of hydrogen-bond acceptors (Lipinski definition) is 7. The first kappa shape index (κ1) is 25.0. The largest absolute Gasteiger partial charge is 0.317 e. The number of thioether (sulfide) groups is 1. The molecule has 7 nitrogen and oxygen atoms in total. The van der Waals surface area contributed by atoms with E-state index in [2.05, 4.69) is 29.7 Å². The van der Waals surface area contributed by atoms with Gasteiger partial charge in [-0.2, -0.15) is 13.0 Å². The van der Waals surface area contributed by atoms with Crippen LogP contribution >= 0.6 is 34.4 Å². The molecule has 2 aromatic carbocycles. The lowest BCUT2D eigenvalue weighted by molar-refractivity contribution is -0.665. The number of para-hydroxylation sites is 2. The third kappa shape index (κ3) is 4.81. The van der Waals surface area contributed by atoms with Crippen LogP contribution in [0.25, 0.3) is 22.4 Å². The molecule has 0 saturated heterocycles. The van der Waals surface area contributed by atoms with Crippen LogP contribution in [0.2, 0.25) is 0 Å². The molecule has 0 saturated carbocycles. The van der Waals surface area contributed by atoms with Crippen molar-refractivity contribution in [3.63, 3.8) is 0 Å². The number of allylic oxidation sites excluding steroid dienone is 1. The molecular weight excluding hydrogens is 535 g/mol. The van der Waals surface area contributed by atoms with Gasteiger partial charge in [-0.3, -0.25) is 13.9 Å². The molecule has 3 heterocycles. The highest BCUT2D eigenvalue weighted by atomic mass is 32.2. The van der Waals surface area contributed by atoms with Crippen LogP contribution in [0.5, 0.6) is 0 Å². The summed E-state index contributed by atoms with van der Waals surface area (Å²) in [6.45, 7) is 5.42. The Morgan fingerprint density at radius 1 is 1.03 bits per heavy atom. The zero-order valence-corrected chi connectivity index (χ0v) is 22.9. The highest BCUT2D eigenvalue weighted by Gasteiger charge is 2.27. The summed E-state index contributed by atoms with van der Waals surface area (Å²) in [7, 11) is -4.24. The SMILES string of the molecule is CCn1c(=O)c(=CC=C2Sc3ccccc3N2CS(=O)(=O)O)s/c1=C\c1sc2ccccc2[n+]1CC. The van der Waals surface area contributed by atoms with Gasteiger partial charge >= 0.3 is 0 Å². The maximum atomic E-state index is 13.2. The highest BCUT2D eigenvalue weighted by molar-refractivity contribution is 8.03. The van der Waals surface area contributed by atoms with E-state index in [1.165, 1.54) is 33.3 Å². The van der Waals surface area contributed by atoms with Gasteiger partial charge in [-0.15, -0.1) is 11.3 Å². The van der Waals surface area contributed by atoms with Gasteiger partial charge in [0.15, 0.2) is 5.88 Å². The van der Waals surface area contributed by atoms with E-state index in [-0.39, 0.29) is 5.56 Å². The summed E-state index contributed by atoms with van der Waals surface area (Å²) < 4.78 is 39.4. The van der Waals surface area contributed by atoms with Gasteiger partial charge in [0.25, 0.3) is 20.7 Å². The average Bonchev–Trinajstić information content (AvgIpc) is 3.47. The van der Waals surface area contributed by atoms with Gasteiger partial charge in [0, 0.05) is 17.5 Å². The monoisotopic (exact) mass is 558 g/mol. The summed E-state index contributed by atoms with van der Waals surface area (Å²) in [6.07, 6.45) is 5.55. The first-order valence-corrected chi connectivity index (χ1v) is 15.4. The minimum atomic E-state index is -4.24. The fraction of sp³-hybridized carbons (Fsp3) is 0.200. The van der Waals surface area contributed by atoms with E-state index < -0.39 is 16.0 Å². The average molecular weight is 559 g/mol. The number of anilines is 1. The predicted molar refractivity (Wildman–Crippen MR) is 149 cm³/mol. The van der Waals surface area contributed by atoms with Crippen LogP contribution in [-0.4, -0.2) is 23.4 Å². The lowest BCUT2D eigenvalue weighted by atomic mass is 10.3. The Balaban J connectivity index is 1.61. The molecular formula is C25H24N3O4S4+. The van der Waals surface area contributed by atoms with Crippen LogP contribution in [-0.2, 0) is 23.2 Å². The zero-order valence-electron chi connectivity index (χ0n) is 19.6. The van der Waals surface area contributed by atoms with E-state index in [1.54, 1.807) is 33.0 Å². The number of hydrogen-bond donors (Lipinski definition) is 1. The van der Waals surface area contributed by atoms with E-state index in [1.807, 2.05) is 43.3 Å². The number of fused-ring (bicyclic) bond motifs is 2. The minimum Gasteiger partial charge on any atom is -0.317 e. The van der Waals surface area contributed by atoms with Crippen molar-refractivity contribution < 1.29 is 17.5 Å². The molecule has 5 rings (SSSR count). The zero-order chi connectivity index (χ0) is 25.4. The van der Waals surface area contributed by atoms with Crippen molar-refractivity contribution in [3.8, 4) is 0 Å². The Kier molecular flexibility index (Phi) is 6.92.